The normalized spacial score (nSPS) is 22.2. The summed E-state index contributed by atoms with van der Waals surface area (Å²) in [6.45, 7) is 3.48. The number of halogens is 4. The molecule has 0 unspecified atom stereocenters. The minimum Gasteiger partial charge on any atom is -0.316 e. The Hall–Kier alpha value is -0.880. The van der Waals surface area contributed by atoms with Gasteiger partial charge in [-0.25, -0.2) is 0 Å². The Morgan fingerprint density at radius 3 is 2.36 bits per heavy atom. The fraction of sp³-hybridized carbons (Fsp3) is 0.733. The van der Waals surface area contributed by atoms with Crippen LogP contribution in [0.5, 0.6) is 0 Å². The number of aromatic nitrogens is 2. The van der Waals surface area contributed by atoms with Crippen LogP contribution in [0.1, 0.15) is 37.1 Å². The van der Waals surface area contributed by atoms with E-state index in [4.69, 9.17) is 0 Å². The van der Waals surface area contributed by atoms with Crippen molar-refractivity contribution in [2.45, 2.75) is 45.2 Å². The molecule has 3 nitrogen and oxygen atoms in total. The molecule has 0 saturated heterocycles. The summed E-state index contributed by atoms with van der Waals surface area (Å²) in [4.78, 5) is 8.45. The Kier molecular flexibility index (Phi) is 7.56. The van der Waals surface area contributed by atoms with E-state index in [1.54, 1.807) is 12.4 Å². The standard InChI is InChI=1S/C15H22F3N3.ClH/c1-11-8-21-14(10-20-11)6-7-19-9-12-2-4-13(5-3-12)15(16,17)18;/h8,10,12-13,19H,2-7,9H2,1H3;1H. The average molecular weight is 338 g/mol. The van der Waals surface area contributed by atoms with Crippen LogP contribution in [0.25, 0.3) is 0 Å². The zero-order valence-electron chi connectivity index (χ0n) is 12.7. The van der Waals surface area contributed by atoms with E-state index in [9.17, 15) is 13.2 Å². The Morgan fingerprint density at radius 1 is 1.14 bits per heavy atom. The molecule has 1 fully saturated rings. The molecule has 0 spiro atoms. The second-order valence-corrected chi connectivity index (χ2v) is 5.86. The van der Waals surface area contributed by atoms with Crippen molar-refractivity contribution < 1.29 is 13.2 Å². The summed E-state index contributed by atoms with van der Waals surface area (Å²) in [7, 11) is 0. The highest BCUT2D eigenvalue weighted by molar-refractivity contribution is 5.85. The van der Waals surface area contributed by atoms with E-state index in [-0.39, 0.29) is 25.2 Å². The quantitative estimate of drug-likeness (QED) is 0.832. The highest BCUT2D eigenvalue weighted by atomic mass is 35.5. The molecule has 1 heterocycles. The Morgan fingerprint density at radius 2 is 1.82 bits per heavy atom. The molecule has 1 aromatic heterocycles. The summed E-state index contributed by atoms with van der Waals surface area (Å²) in [6.07, 6.45) is 2.19. The summed E-state index contributed by atoms with van der Waals surface area (Å²) in [5, 5.41) is 3.32. The minimum atomic E-state index is -4.01. The topological polar surface area (TPSA) is 37.8 Å². The van der Waals surface area contributed by atoms with Gasteiger partial charge >= 0.3 is 6.18 Å². The summed E-state index contributed by atoms with van der Waals surface area (Å²) in [6, 6.07) is 0. The molecule has 1 N–H and O–H groups in total. The van der Waals surface area contributed by atoms with Crippen molar-refractivity contribution in [1.82, 2.24) is 15.3 Å². The van der Waals surface area contributed by atoms with Crippen LogP contribution in [-0.2, 0) is 6.42 Å². The van der Waals surface area contributed by atoms with E-state index in [0.29, 0.717) is 18.8 Å². The van der Waals surface area contributed by atoms with Gasteiger partial charge in [0.1, 0.15) is 0 Å². The van der Waals surface area contributed by atoms with Crippen LogP contribution >= 0.6 is 12.4 Å². The third-order valence-corrected chi connectivity index (χ3v) is 4.14. The van der Waals surface area contributed by atoms with Crippen LogP contribution in [0, 0.1) is 18.8 Å². The third kappa shape index (κ3) is 6.08. The third-order valence-electron chi connectivity index (χ3n) is 4.14. The molecule has 1 aliphatic rings. The first-order valence-corrected chi connectivity index (χ1v) is 7.50. The minimum absolute atomic E-state index is 0. The maximum Gasteiger partial charge on any atom is 0.391 e. The van der Waals surface area contributed by atoms with Crippen molar-refractivity contribution in [2.24, 2.45) is 11.8 Å². The molecule has 2 rings (SSSR count). The van der Waals surface area contributed by atoms with E-state index in [1.165, 1.54) is 0 Å². The molecule has 0 aliphatic heterocycles. The largest absolute Gasteiger partial charge is 0.391 e. The van der Waals surface area contributed by atoms with Crippen molar-refractivity contribution >= 4 is 12.4 Å². The SMILES string of the molecule is Cc1cnc(CCNCC2CCC(C(F)(F)F)CC2)cn1.Cl. The van der Waals surface area contributed by atoms with Crippen LogP contribution < -0.4 is 5.32 Å². The number of hydrogen-bond donors (Lipinski definition) is 1. The van der Waals surface area contributed by atoms with E-state index in [1.807, 2.05) is 6.92 Å². The molecule has 7 heteroatoms. The van der Waals surface area contributed by atoms with Gasteiger partial charge in [0, 0.05) is 25.4 Å². The van der Waals surface area contributed by atoms with Crippen LogP contribution in [0.4, 0.5) is 13.2 Å². The van der Waals surface area contributed by atoms with Crippen molar-refractivity contribution in [3.8, 4) is 0 Å². The fourth-order valence-corrected chi connectivity index (χ4v) is 2.76. The van der Waals surface area contributed by atoms with Crippen molar-refractivity contribution in [3.63, 3.8) is 0 Å². The van der Waals surface area contributed by atoms with Gasteiger partial charge in [-0.1, -0.05) is 0 Å². The Bertz CT molecular complexity index is 429. The molecule has 0 atom stereocenters. The zero-order valence-corrected chi connectivity index (χ0v) is 13.5. The molecule has 1 saturated carbocycles. The molecule has 1 aromatic rings. The summed E-state index contributed by atoms with van der Waals surface area (Å²) in [5.41, 5.74) is 1.84. The first-order chi connectivity index (χ1) is 9.95. The van der Waals surface area contributed by atoms with Gasteiger partial charge in [-0.2, -0.15) is 13.2 Å². The first-order valence-electron chi connectivity index (χ1n) is 7.50. The molecular formula is C15H23ClF3N3. The molecule has 0 amide bonds. The maximum absolute atomic E-state index is 12.6. The molecule has 1 aliphatic carbocycles. The van der Waals surface area contributed by atoms with Gasteiger partial charge in [-0.3, -0.25) is 9.97 Å². The number of rotatable bonds is 5. The number of alkyl halides is 3. The Labute approximate surface area is 135 Å². The van der Waals surface area contributed by atoms with Crippen molar-refractivity contribution in [3.05, 3.63) is 23.8 Å². The lowest BCUT2D eigenvalue weighted by molar-refractivity contribution is -0.183. The average Bonchev–Trinajstić information content (AvgIpc) is 2.45. The lowest BCUT2D eigenvalue weighted by Gasteiger charge is -2.29. The number of nitrogens with zero attached hydrogens (tertiary/aromatic N) is 2. The highest BCUT2D eigenvalue weighted by Gasteiger charge is 2.41. The smallest absolute Gasteiger partial charge is 0.316 e. The van der Waals surface area contributed by atoms with Gasteiger partial charge in [0.25, 0.3) is 0 Å². The lowest BCUT2D eigenvalue weighted by atomic mass is 9.81. The molecule has 0 aromatic carbocycles. The monoisotopic (exact) mass is 337 g/mol. The van der Waals surface area contributed by atoms with E-state index < -0.39 is 12.1 Å². The predicted octanol–water partition coefficient (Wildman–Crippen LogP) is 3.71. The summed E-state index contributed by atoms with van der Waals surface area (Å²) < 4.78 is 37.7. The van der Waals surface area contributed by atoms with E-state index in [2.05, 4.69) is 15.3 Å². The summed E-state index contributed by atoms with van der Waals surface area (Å²) >= 11 is 0. The fourth-order valence-electron chi connectivity index (χ4n) is 2.76. The maximum atomic E-state index is 12.6. The van der Waals surface area contributed by atoms with Crippen LogP contribution in [-0.4, -0.2) is 29.2 Å². The van der Waals surface area contributed by atoms with Gasteiger partial charge in [0.15, 0.2) is 0 Å². The van der Waals surface area contributed by atoms with E-state index >= 15 is 0 Å². The molecule has 0 radical (unpaired) electrons. The first kappa shape index (κ1) is 19.2. The highest BCUT2D eigenvalue weighted by Crippen LogP contribution is 2.39. The van der Waals surface area contributed by atoms with Crippen LogP contribution in [0.3, 0.4) is 0 Å². The number of hydrogen-bond acceptors (Lipinski definition) is 3. The molecule has 22 heavy (non-hydrogen) atoms. The lowest BCUT2D eigenvalue weighted by Crippen LogP contribution is -2.32. The van der Waals surface area contributed by atoms with Gasteiger partial charge in [0.2, 0.25) is 0 Å². The van der Waals surface area contributed by atoms with Crippen LogP contribution in [0.2, 0.25) is 0 Å². The van der Waals surface area contributed by atoms with Gasteiger partial charge in [0.05, 0.1) is 17.3 Å². The van der Waals surface area contributed by atoms with Crippen molar-refractivity contribution in [1.29, 1.82) is 0 Å². The molecule has 126 valence electrons. The van der Waals surface area contributed by atoms with Crippen molar-refractivity contribution in [2.75, 3.05) is 13.1 Å². The van der Waals surface area contributed by atoms with Gasteiger partial charge < -0.3 is 5.32 Å². The predicted molar refractivity (Wildman–Crippen MR) is 82.1 cm³/mol. The number of aryl methyl sites for hydroxylation is 1. The molecule has 0 bridgehead atoms. The second-order valence-electron chi connectivity index (χ2n) is 5.86. The van der Waals surface area contributed by atoms with Gasteiger partial charge in [-0.15, -0.1) is 12.4 Å². The second kappa shape index (κ2) is 8.67. The Balaban J connectivity index is 0.00000242. The van der Waals surface area contributed by atoms with E-state index in [0.717, 1.165) is 30.9 Å². The van der Waals surface area contributed by atoms with Crippen LogP contribution in [0.15, 0.2) is 12.4 Å². The molecular weight excluding hydrogens is 315 g/mol. The summed E-state index contributed by atoms with van der Waals surface area (Å²) in [5.74, 6) is -0.718. The number of nitrogens with one attached hydrogen (secondary N) is 1. The zero-order chi connectivity index (χ0) is 15.3. The van der Waals surface area contributed by atoms with Gasteiger partial charge in [-0.05, 0) is 45.1 Å².